The summed E-state index contributed by atoms with van der Waals surface area (Å²) < 4.78 is 0. The van der Waals surface area contributed by atoms with E-state index in [1.54, 1.807) is 0 Å². The molecule has 0 radical (unpaired) electrons. The van der Waals surface area contributed by atoms with Crippen molar-refractivity contribution in [3.05, 3.63) is 28.2 Å². The molecular weight excluding hydrogens is 238 g/mol. The molecule has 0 bridgehead atoms. The minimum Gasteiger partial charge on any atom is -0.409 e. The van der Waals surface area contributed by atoms with E-state index in [1.807, 2.05) is 0 Å². The molecule has 8 nitrogen and oxygen atoms in total. The van der Waals surface area contributed by atoms with Crippen LogP contribution in [0.25, 0.3) is 0 Å². The first kappa shape index (κ1) is 12.1. The van der Waals surface area contributed by atoms with Gasteiger partial charge >= 0.3 is 0 Å². The first-order valence-corrected chi connectivity index (χ1v) is 5.46. The van der Waals surface area contributed by atoms with Crippen molar-refractivity contribution in [1.29, 1.82) is 0 Å². The van der Waals surface area contributed by atoms with Gasteiger partial charge in [0.15, 0.2) is 5.84 Å². The third-order valence-electron chi connectivity index (χ3n) is 2.73. The number of amidine groups is 1. The van der Waals surface area contributed by atoms with Crippen LogP contribution in [0.2, 0.25) is 0 Å². The van der Waals surface area contributed by atoms with Gasteiger partial charge < -0.3 is 16.3 Å². The highest BCUT2D eigenvalue weighted by molar-refractivity contribution is 5.97. The molecule has 18 heavy (non-hydrogen) atoms. The van der Waals surface area contributed by atoms with Crippen LogP contribution in [0.4, 0.5) is 0 Å². The van der Waals surface area contributed by atoms with Crippen LogP contribution in [0.15, 0.2) is 22.1 Å². The Balaban J connectivity index is 2.09. The van der Waals surface area contributed by atoms with Crippen molar-refractivity contribution in [1.82, 2.24) is 15.5 Å². The number of hydrogen-bond donors (Lipinski definition) is 4. The largest absolute Gasteiger partial charge is 0.409 e. The molecule has 1 heterocycles. The number of amides is 1. The van der Waals surface area contributed by atoms with E-state index in [0.29, 0.717) is 0 Å². The number of oxime groups is 1. The number of aromatic amines is 1. The molecule has 0 spiro atoms. The molecule has 96 valence electrons. The van der Waals surface area contributed by atoms with Gasteiger partial charge in [-0.15, -0.1) is 0 Å². The Morgan fingerprint density at radius 2 is 2.33 bits per heavy atom. The molecular formula is C10H13N5O3. The number of H-pyrrole nitrogens is 1. The molecule has 1 aliphatic carbocycles. The van der Waals surface area contributed by atoms with Gasteiger partial charge in [0.2, 0.25) is 0 Å². The van der Waals surface area contributed by atoms with Gasteiger partial charge in [-0.05, 0) is 24.8 Å². The lowest BCUT2D eigenvalue weighted by Crippen LogP contribution is -2.46. The molecule has 1 aliphatic rings. The van der Waals surface area contributed by atoms with Crippen molar-refractivity contribution in [2.24, 2.45) is 16.8 Å². The van der Waals surface area contributed by atoms with E-state index in [9.17, 15) is 9.59 Å². The molecule has 1 unspecified atom stereocenters. The summed E-state index contributed by atoms with van der Waals surface area (Å²) in [5, 5.41) is 20.0. The molecule has 5 N–H and O–H groups in total. The van der Waals surface area contributed by atoms with E-state index in [2.05, 4.69) is 20.7 Å². The second-order valence-electron chi connectivity index (χ2n) is 4.12. The van der Waals surface area contributed by atoms with Crippen molar-refractivity contribution in [3.63, 3.8) is 0 Å². The van der Waals surface area contributed by atoms with Crippen LogP contribution in [0, 0.1) is 5.92 Å². The van der Waals surface area contributed by atoms with Crippen LogP contribution in [-0.4, -0.2) is 33.2 Å². The van der Waals surface area contributed by atoms with Gasteiger partial charge in [0.05, 0.1) is 6.04 Å². The predicted molar refractivity (Wildman–Crippen MR) is 62.2 cm³/mol. The SMILES string of the molecule is N/C(=N/O)C(NC(=O)c1ccc(=O)[nH]n1)C1CC1. The van der Waals surface area contributed by atoms with Crippen molar-refractivity contribution in [2.75, 3.05) is 0 Å². The van der Waals surface area contributed by atoms with Crippen molar-refractivity contribution in [3.8, 4) is 0 Å². The van der Waals surface area contributed by atoms with Gasteiger partial charge in [-0.25, -0.2) is 5.10 Å². The zero-order chi connectivity index (χ0) is 13.1. The highest BCUT2D eigenvalue weighted by Crippen LogP contribution is 2.32. The summed E-state index contributed by atoms with van der Waals surface area (Å²) in [4.78, 5) is 22.6. The standard InChI is InChI=1S/C10H13N5O3/c11-9(15-18)8(5-1-2-5)12-10(17)6-3-4-7(16)14-13-6/h3-5,8,18H,1-2H2,(H2,11,15)(H,12,17)(H,14,16). The van der Waals surface area contributed by atoms with E-state index < -0.39 is 11.9 Å². The van der Waals surface area contributed by atoms with E-state index in [4.69, 9.17) is 10.9 Å². The Hall–Kier alpha value is -2.38. The average molecular weight is 251 g/mol. The van der Waals surface area contributed by atoms with E-state index in [1.165, 1.54) is 12.1 Å². The number of hydrogen-bond acceptors (Lipinski definition) is 5. The van der Waals surface area contributed by atoms with Crippen LogP contribution >= 0.6 is 0 Å². The molecule has 0 saturated heterocycles. The third-order valence-corrected chi connectivity index (χ3v) is 2.73. The second kappa shape index (κ2) is 4.86. The highest BCUT2D eigenvalue weighted by Gasteiger charge is 2.35. The number of nitrogens with two attached hydrogens (primary N) is 1. The molecule has 0 aliphatic heterocycles. The lowest BCUT2D eigenvalue weighted by Gasteiger charge is -2.15. The number of carbonyl (C=O) groups is 1. The lowest BCUT2D eigenvalue weighted by atomic mass is 10.1. The summed E-state index contributed by atoms with van der Waals surface area (Å²) in [6.45, 7) is 0. The zero-order valence-corrected chi connectivity index (χ0v) is 9.46. The topological polar surface area (TPSA) is 133 Å². The van der Waals surface area contributed by atoms with Crippen molar-refractivity contribution in [2.45, 2.75) is 18.9 Å². The quantitative estimate of drug-likeness (QED) is 0.236. The highest BCUT2D eigenvalue weighted by atomic mass is 16.4. The maximum absolute atomic E-state index is 11.8. The minimum absolute atomic E-state index is 0.0322. The van der Waals surface area contributed by atoms with Gasteiger partial charge in [-0.2, -0.15) is 5.10 Å². The summed E-state index contributed by atoms with van der Waals surface area (Å²) >= 11 is 0. The number of rotatable bonds is 4. The number of nitrogens with one attached hydrogen (secondary N) is 2. The Bertz CT molecular complexity index is 514. The predicted octanol–water partition coefficient (Wildman–Crippen LogP) is -0.975. The first-order chi connectivity index (χ1) is 8.61. The molecule has 1 fully saturated rings. The average Bonchev–Trinajstić information content (AvgIpc) is 3.20. The van der Waals surface area contributed by atoms with Crippen LogP contribution < -0.4 is 16.6 Å². The smallest absolute Gasteiger partial charge is 0.272 e. The summed E-state index contributed by atoms with van der Waals surface area (Å²) in [6.07, 6.45) is 1.83. The fourth-order valence-corrected chi connectivity index (χ4v) is 1.61. The Morgan fingerprint density at radius 1 is 1.61 bits per heavy atom. The van der Waals surface area contributed by atoms with Crippen molar-refractivity contribution < 1.29 is 10.0 Å². The van der Waals surface area contributed by atoms with Crippen molar-refractivity contribution >= 4 is 11.7 Å². The second-order valence-corrected chi connectivity index (χ2v) is 4.12. The van der Waals surface area contributed by atoms with E-state index in [-0.39, 0.29) is 23.0 Å². The molecule has 1 aromatic rings. The molecule has 8 heteroatoms. The number of aromatic nitrogens is 2. The summed E-state index contributed by atoms with van der Waals surface area (Å²) in [6, 6.07) is 2.01. The van der Waals surface area contributed by atoms with Crippen LogP contribution in [0.1, 0.15) is 23.3 Å². The normalized spacial score (nSPS) is 17.2. The Morgan fingerprint density at radius 3 is 2.83 bits per heavy atom. The molecule has 1 amide bonds. The summed E-state index contributed by atoms with van der Waals surface area (Å²) in [5.41, 5.74) is 5.20. The maximum Gasteiger partial charge on any atom is 0.272 e. The Labute approximate surface area is 102 Å². The zero-order valence-electron chi connectivity index (χ0n) is 9.46. The summed E-state index contributed by atoms with van der Waals surface area (Å²) in [7, 11) is 0. The molecule has 0 aromatic carbocycles. The monoisotopic (exact) mass is 251 g/mol. The molecule has 1 saturated carbocycles. The third kappa shape index (κ3) is 2.65. The van der Waals surface area contributed by atoms with Crippen LogP contribution in [0.5, 0.6) is 0 Å². The molecule has 2 rings (SSSR count). The summed E-state index contributed by atoms with van der Waals surface area (Å²) in [5.74, 6) is -0.322. The maximum atomic E-state index is 11.8. The van der Waals surface area contributed by atoms with E-state index in [0.717, 1.165) is 12.8 Å². The number of carbonyl (C=O) groups excluding carboxylic acids is 1. The lowest BCUT2D eigenvalue weighted by molar-refractivity contribution is 0.0936. The van der Waals surface area contributed by atoms with Gasteiger partial charge in [0.1, 0.15) is 5.69 Å². The fourth-order valence-electron chi connectivity index (χ4n) is 1.61. The van der Waals surface area contributed by atoms with Gasteiger partial charge in [0.25, 0.3) is 11.5 Å². The fraction of sp³-hybridized carbons (Fsp3) is 0.400. The van der Waals surface area contributed by atoms with Gasteiger partial charge in [0, 0.05) is 6.07 Å². The minimum atomic E-state index is -0.503. The molecule has 1 aromatic heterocycles. The molecule has 1 atom stereocenters. The number of nitrogens with zero attached hydrogens (tertiary/aromatic N) is 2. The van der Waals surface area contributed by atoms with E-state index >= 15 is 0 Å². The Kier molecular flexibility index (Phi) is 3.26. The first-order valence-electron chi connectivity index (χ1n) is 5.46. The van der Waals surface area contributed by atoms with Crippen LogP contribution in [0.3, 0.4) is 0 Å². The van der Waals surface area contributed by atoms with Gasteiger partial charge in [-0.3, -0.25) is 9.59 Å². The van der Waals surface area contributed by atoms with Gasteiger partial charge in [-0.1, -0.05) is 5.16 Å². The van der Waals surface area contributed by atoms with Crippen LogP contribution in [-0.2, 0) is 0 Å².